The minimum absolute atomic E-state index is 0.0163. The Kier molecular flexibility index (Phi) is 6.96. The maximum atomic E-state index is 11.5. The molecule has 0 unspecified atom stereocenters. The Labute approximate surface area is 105 Å². The quantitative estimate of drug-likeness (QED) is 0.356. The average Bonchev–Trinajstić information content (AvgIpc) is 2.27. The predicted molar refractivity (Wildman–Crippen MR) is 61.6 cm³/mol. The van der Waals surface area contributed by atoms with E-state index in [9.17, 15) is 14.4 Å². The Balaban J connectivity index is 3.66. The predicted octanol–water partition coefficient (Wildman–Crippen LogP) is -0.0775. The third-order valence-corrected chi connectivity index (χ3v) is 2.14. The van der Waals surface area contributed by atoms with Crippen LogP contribution < -0.4 is 5.73 Å². The van der Waals surface area contributed by atoms with Crippen LogP contribution in [0.2, 0.25) is 0 Å². The van der Waals surface area contributed by atoms with E-state index < -0.39 is 29.7 Å². The van der Waals surface area contributed by atoms with E-state index in [2.05, 4.69) is 4.74 Å². The molecule has 0 heterocycles. The monoisotopic (exact) mass is 261 g/mol. The number of carbonyl (C=O) groups excluding carboxylic acids is 2. The molecule has 0 bridgehead atoms. The van der Waals surface area contributed by atoms with Gasteiger partial charge >= 0.3 is 17.9 Å². The van der Waals surface area contributed by atoms with Crippen molar-refractivity contribution in [3.05, 3.63) is 0 Å². The minimum atomic E-state index is -1.24. The zero-order valence-electron chi connectivity index (χ0n) is 10.6. The van der Waals surface area contributed by atoms with Crippen molar-refractivity contribution in [2.75, 3.05) is 19.8 Å². The van der Waals surface area contributed by atoms with E-state index in [1.807, 2.05) is 0 Å². The third-order valence-electron chi connectivity index (χ3n) is 2.14. The van der Waals surface area contributed by atoms with Gasteiger partial charge in [0.15, 0.2) is 0 Å². The van der Waals surface area contributed by atoms with Gasteiger partial charge in [0.1, 0.15) is 6.42 Å². The summed E-state index contributed by atoms with van der Waals surface area (Å²) >= 11 is 0. The molecule has 0 rings (SSSR count). The van der Waals surface area contributed by atoms with Crippen LogP contribution in [0.25, 0.3) is 0 Å². The molecule has 18 heavy (non-hydrogen) atoms. The summed E-state index contributed by atoms with van der Waals surface area (Å²) in [6.45, 7) is 3.63. The Morgan fingerprint density at radius 3 is 2.22 bits per heavy atom. The highest BCUT2D eigenvalue weighted by Crippen LogP contribution is 2.14. The number of nitrogens with two attached hydrogens (primary N) is 1. The molecule has 0 aliphatic carbocycles. The SMILES string of the molecule is CC(C)(CN)C(=O)OCCCOC(=O)CC(=O)O. The summed E-state index contributed by atoms with van der Waals surface area (Å²) < 4.78 is 9.54. The Hall–Kier alpha value is -1.63. The molecule has 0 aromatic carbocycles. The lowest BCUT2D eigenvalue weighted by Gasteiger charge is -2.19. The van der Waals surface area contributed by atoms with Crippen LogP contribution >= 0.6 is 0 Å². The molecule has 0 saturated heterocycles. The van der Waals surface area contributed by atoms with Crippen molar-refractivity contribution >= 4 is 17.9 Å². The molecular weight excluding hydrogens is 242 g/mol. The molecule has 0 radical (unpaired) electrons. The van der Waals surface area contributed by atoms with Gasteiger partial charge in [-0.05, 0) is 13.8 Å². The molecule has 0 aliphatic rings. The second kappa shape index (κ2) is 7.65. The van der Waals surface area contributed by atoms with Crippen LogP contribution in [-0.2, 0) is 23.9 Å². The summed E-state index contributed by atoms with van der Waals surface area (Å²) in [5.74, 6) is -2.46. The fourth-order valence-corrected chi connectivity index (χ4v) is 0.863. The molecule has 0 saturated carbocycles. The summed E-state index contributed by atoms with van der Waals surface area (Å²) in [4.78, 5) is 32.4. The van der Waals surface area contributed by atoms with Crippen molar-refractivity contribution in [2.45, 2.75) is 26.7 Å². The number of hydrogen-bond donors (Lipinski definition) is 2. The lowest BCUT2D eigenvalue weighted by atomic mass is 9.94. The van der Waals surface area contributed by atoms with Gasteiger partial charge in [0.2, 0.25) is 0 Å². The summed E-state index contributed by atoms with van der Waals surface area (Å²) in [5.41, 5.74) is 4.66. The van der Waals surface area contributed by atoms with Gasteiger partial charge < -0.3 is 20.3 Å². The molecule has 0 aromatic rings. The molecule has 0 atom stereocenters. The third kappa shape index (κ3) is 6.85. The van der Waals surface area contributed by atoms with Crippen molar-refractivity contribution in [1.82, 2.24) is 0 Å². The fraction of sp³-hybridized carbons (Fsp3) is 0.727. The minimum Gasteiger partial charge on any atom is -0.481 e. The Bertz CT molecular complexity index is 313. The lowest BCUT2D eigenvalue weighted by Crippen LogP contribution is -2.34. The highest BCUT2D eigenvalue weighted by molar-refractivity contribution is 5.90. The van der Waals surface area contributed by atoms with Gasteiger partial charge in [-0.1, -0.05) is 0 Å². The Morgan fingerprint density at radius 1 is 1.17 bits per heavy atom. The second-order valence-electron chi connectivity index (χ2n) is 4.37. The number of aliphatic carboxylic acids is 1. The largest absolute Gasteiger partial charge is 0.481 e. The van der Waals surface area contributed by atoms with Crippen LogP contribution in [0.15, 0.2) is 0 Å². The summed E-state index contributed by atoms with van der Waals surface area (Å²) in [6, 6.07) is 0. The number of hydrogen-bond acceptors (Lipinski definition) is 6. The molecule has 7 heteroatoms. The van der Waals surface area contributed by atoms with E-state index in [4.69, 9.17) is 15.6 Å². The molecular formula is C11H19NO6. The van der Waals surface area contributed by atoms with Crippen LogP contribution in [0.4, 0.5) is 0 Å². The first-order chi connectivity index (χ1) is 8.29. The zero-order valence-corrected chi connectivity index (χ0v) is 10.6. The number of carbonyl (C=O) groups is 3. The van der Waals surface area contributed by atoms with E-state index in [1.165, 1.54) is 0 Å². The van der Waals surface area contributed by atoms with Gasteiger partial charge in [-0.15, -0.1) is 0 Å². The first-order valence-corrected chi connectivity index (χ1v) is 5.54. The van der Waals surface area contributed by atoms with E-state index >= 15 is 0 Å². The molecule has 0 spiro atoms. The smallest absolute Gasteiger partial charge is 0.317 e. The first-order valence-electron chi connectivity index (χ1n) is 5.54. The molecule has 7 nitrogen and oxygen atoms in total. The number of carboxylic acid groups (broad SMARTS) is 1. The van der Waals surface area contributed by atoms with Crippen LogP contribution in [0.1, 0.15) is 26.7 Å². The number of carboxylic acids is 1. The van der Waals surface area contributed by atoms with Crippen molar-refractivity contribution in [3.8, 4) is 0 Å². The fourth-order valence-electron chi connectivity index (χ4n) is 0.863. The summed E-state index contributed by atoms with van der Waals surface area (Å²) in [5, 5.41) is 8.29. The normalized spacial score (nSPS) is 10.8. The molecule has 3 N–H and O–H groups in total. The molecule has 0 amide bonds. The van der Waals surface area contributed by atoms with Crippen molar-refractivity contribution in [2.24, 2.45) is 11.1 Å². The van der Waals surface area contributed by atoms with Gasteiger partial charge in [0.05, 0.1) is 18.6 Å². The average molecular weight is 261 g/mol. The molecule has 104 valence electrons. The van der Waals surface area contributed by atoms with E-state index in [-0.39, 0.29) is 19.8 Å². The standard InChI is InChI=1S/C11H19NO6/c1-11(2,7-12)10(16)18-5-3-4-17-9(15)6-8(13)14/h3-7,12H2,1-2H3,(H,13,14). The topological polar surface area (TPSA) is 116 Å². The van der Waals surface area contributed by atoms with Gasteiger partial charge in [-0.3, -0.25) is 14.4 Å². The van der Waals surface area contributed by atoms with Gasteiger partial charge in [0, 0.05) is 13.0 Å². The highest BCUT2D eigenvalue weighted by Gasteiger charge is 2.27. The number of rotatable bonds is 8. The maximum Gasteiger partial charge on any atom is 0.317 e. The van der Waals surface area contributed by atoms with Crippen molar-refractivity contribution < 1.29 is 29.0 Å². The van der Waals surface area contributed by atoms with Gasteiger partial charge in [0.25, 0.3) is 0 Å². The van der Waals surface area contributed by atoms with Gasteiger partial charge in [-0.2, -0.15) is 0 Å². The summed E-state index contributed by atoms with van der Waals surface area (Å²) in [6.07, 6.45) is -0.349. The van der Waals surface area contributed by atoms with Crippen LogP contribution in [-0.4, -0.2) is 42.8 Å². The first kappa shape index (κ1) is 16.4. The lowest BCUT2D eigenvalue weighted by molar-refractivity contribution is -0.154. The summed E-state index contributed by atoms with van der Waals surface area (Å²) in [7, 11) is 0. The zero-order chi connectivity index (χ0) is 14.2. The van der Waals surface area contributed by atoms with Crippen molar-refractivity contribution in [1.29, 1.82) is 0 Å². The molecule has 0 fully saturated rings. The number of ether oxygens (including phenoxy) is 2. The second-order valence-corrected chi connectivity index (χ2v) is 4.37. The van der Waals surface area contributed by atoms with Crippen molar-refractivity contribution in [3.63, 3.8) is 0 Å². The number of esters is 2. The van der Waals surface area contributed by atoms with E-state index in [0.717, 1.165) is 0 Å². The van der Waals surface area contributed by atoms with Crippen LogP contribution in [0.3, 0.4) is 0 Å². The van der Waals surface area contributed by atoms with Gasteiger partial charge in [-0.25, -0.2) is 0 Å². The maximum absolute atomic E-state index is 11.5. The van der Waals surface area contributed by atoms with Crippen LogP contribution in [0.5, 0.6) is 0 Å². The van der Waals surface area contributed by atoms with E-state index in [0.29, 0.717) is 6.42 Å². The molecule has 0 aliphatic heterocycles. The van der Waals surface area contributed by atoms with E-state index in [1.54, 1.807) is 13.8 Å². The highest BCUT2D eigenvalue weighted by atomic mass is 16.5. The Morgan fingerprint density at radius 2 is 1.72 bits per heavy atom. The van der Waals surface area contributed by atoms with Crippen LogP contribution in [0, 0.1) is 5.41 Å². The molecule has 0 aromatic heterocycles.